The zero-order valence-corrected chi connectivity index (χ0v) is 15.6. The molecule has 1 aromatic heterocycles. The van der Waals surface area contributed by atoms with Crippen LogP contribution in [0.15, 0.2) is 24.3 Å². The fourth-order valence-corrected chi connectivity index (χ4v) is 4.35. The van der Waals surface area contributed by atoms with Crippen LogP contribution in [0.25, 0.3) is 5.69 Å². The van der Waals surface area contributed by atoms with Crippen LogP contribution in [0.4, 0.5) is 0 Å². The lowest BCUT2D eigenvalue weighted by atomic mass is 10.1. The van der Waals surface area contributed by atoms with Crippen LogP contribution in [0, 0.1) is 0 Å². The van der Waals surface area contributed by atoms with Crippen LogP contribution < -0.4 is 0 Å². The summed E-state index contributed by atoms with van der Waals surface area (Å²) in [5.41, 5.74) is 4.93. The second-order valence-corrected chi connectivity index (χ2v) is 7.45. The number of nitrogens with zero attached hydrogens (tertiary/aromatic N) is 3. The lowest BCUT2D eigenvalue weighted by molar-refractivity contribution is -0.137. The third kappa shape index (κ3) is 3.24. The highest BCUT2D eigenvalue weighted by atomic mass is 16.4. The fraction of sp³-hybridized carbons (Fsp3) is 0.476. The number of carboxylic acids is 1. The number of likely N-dealkylation sites (tertiary alicyclic amines) is 1. The molecule has 1 aliphatic heterocycles. The lowest BCUT2D eigenvalue weighted by Gasteiger charge is -2.22. The Morgan fingerprint density at radius 1 is 1.19 bits per heavy atom. The maximum Gasteiger partial charge on any atom is 0.305 e. The predicted molar refractivity (Wildman–Crippen MR) is 101 cm³/mol. The van der Waals surface area contributed by atoms with E-state index in [1.54, 1.807) is 4.90 Å². The second kappa shape index (κ2) is 7.18. The summed E-state index contributed by atoms with van der Waals surface area (Å²) in [6, 6.07) is 8.09. The van der Waals surface area contributed by atoms with Crippen molar-refractivity contribution in [1.82, 2.24) is 14.7 Å². The second-order valence-electron chi connectivity index (χ2n) is 7.45. The van der Waals surface area contributed by atoms with Gasteiger partial charge in [-0.25, -0.2) is 4.68 Å². The maximum atomic E-state index is 13.2. The van der Waals surface area contributed by atoms with E-state index < -0.39 is 5.97 Å². The molecule has 1 N–H and O–H groups in total. The number of aliphatic carboxylic acids is 1. The summed E-state index contributed by atoms with van der Waals surface area (Å²) in [4.78, 5) is 26.1. The SMILES string of the molecule is CCc1ccc(-n2nc(C(=O)N3CCCC3CC(=O)O)c3c2CCC3)cc1. The molecule has 0 bridgehead atoms. The molecule has 27 heavy (non-hydrogen) atoms. The molecule has 2 aliphatic rings. The van der Waals surface area contributed by atoms with Gasteiger partial charge in [0.25, 0.3) is 5.91 Å². The summed E-state index contributed by atoms with van der Waals surface area (Å²) in [6.45, 7) is 2.74. The highest BCUT2D eigenvalue weighted by Gasteiger charge is 2.35. The van der Waals surface area contributed by atoms with Crippen LogP contribution in [0.3, 0.4) is 0 Å². The molecule has 6 heteroatoms. The predicted octanol–water partition coefficient (Wildman–Crippen LogP) is 3.00. The Morgan fingerprint density at radius 2 is 1.96 bits per heavy atom. The molecule has 1 aromatic carbocycles. The van der Waals surface area contributed by atoms with Crippen molar-refractivity contribution in [2.45, 2.75) is 57.9 Å². The number of carbonyl (C=O) groups is 2. The van der Waals surface area contributed by atoms with Crippen molar-refractivity contribution >= 4 is 11.9 Å². The Hall–Kier alpha value is -2.63. The monoisotopic (exact) mass is 367 g/mol. The minimum absolute atomic E-state index is 0.00706. The van der Waals surface area contributed by atoms with Gasteiger partial charge in [0.15, 0.2) is 5.69 Å². The molecule has 1 unspecified atom stereocenters. The van der Waals surface area contributed by atoms with E-state index in [1.807, 2.05) is 4.68 Å². The highest BCUT2D eigenvalue weighted by molar-refractivity contribution is 5.95. The zero-order chi connectivity index (χ0) is 19.0. The van der Waals surface area contributed by atoms with Crippen LogP contribution in [0.2, 0.25) is 0 Å². The quantitative estimate of drug-likeness (QED) is 0.881. The minimum Gasteiger partial charge on any atom is -0.481 e. The Labute approximate surface area is 158 Å². The number of carboxylic acid groups (broad SMARTS) is 1. The minimum atomic E-state index is -0.855. The fourth-order valence-electron chi connectivity index (χ4n) is 4.35. The summed E-state index contributed by atoms with van der Waals surface area (Å²) in [6.07, 6.45) is 5.41. The van der Waals surface area contributed by atoms with Crippen LogP contribution >= 0.6 is 0 Å². The van der Waals surface area contributed by atoms with Gasteiger partial charge in [0.05, 0.1) is 12.1 Å². The summed E-state index contributed by atoms with van der Waals surface area (Å²) in [5, 5.41) is 13.8. The molecule has 2 heterocycles. The Balaban J connectivity index is 1.67. The van der Waals surface area contributed by atoms with Gasteiger partial charge in [0.2, 0.25) is 0 Å². The normalized spacial score (nSPS) is 18.7. The van der Waals surface area contributed by atoms with E-state index >= 15 is 0 Å². The van der Waals surface area contributed by atoms with Crippen molar-refractivity contribution < 1.29 is 14.7 Å². The number of hydrogen-bond acceptors (Lipinski definition) is 3. The van der Waals surface area contributed by atoms with E-state index in [1.165, 1.54) is 5.56 Å². The van der Waals surface area contributed by atoms with Crippen LogP contribution in [0.1, 0.15) is 59.9 Å². The third-order valence-electron chi connectivity index (χ3n) is 5.77. The van der Waals surface area contributed by atoms with Gasteiger partial charge in [-0.1, -0.05) is 19.1 Å². The van der Waals surface area contributed by atoms with E-state index in [0.29, 0.717) is 12.2 Å². The molecular weight excluding hydrogens is 342 g/mol. The molecule has 1 saturated heterocycles. The van der Waals surface area contributed by atoms with Crippen molar-refractivity contribution in [3.05, 3.63) is 46.8 Å². The molecule has 2 aromatic rings. The molecule has 1 fully saturated rings. The van der Waals surface area contributed by atoms with Crippen molar-refractivity contribution in [3.8, 4) is 5.69 Å². The van der Waals surface area contributed by atoms with Crippen molar-refractivity contribution in [2.24, 2.45) is 0 Å². The smallest absolute Gasteiger partial charge is 0.305 e. The first-order chi connectivity index (χ1) is 13.1. The first kappa shape index (κ1) is 17.8. The number of aromatic nitrogens is 2. The van der Waals surface area contributed by atoms with Gasteiger partial charge in [-0.3, -0.25) is 9.59 Å². The van der Waals surface area contributed by atoms with E-state index in [0.717, 1.165) is 55.5 Å². The van der Waals surface area contributed by atoms with Gasteiger partial charge in [-0.05, 0) is 56.2 Å². The van der Waals surface area contributed by atoms with Gasteiger partial charge in [-0.2, -0.15) is 5.10 Å². The number of amides is 1. The first-order valence-corrected chi connectivity index (χ1v) is 9.81. The molecule has 1 atom stereocenters. The van der Waals surface area contributed by atoms with Gasteiger partial charge in [0, 0.05) is 23.8 Å². The number of carbonyl (C=O) groups excluding carboxylic acids is 1. The standard InChI is InChI=1S/C21H25N3O3/c1-2-14-8-10-15(11-9-14)24-18-7-3-6-17(18)20(22-24)21(27)23-12-4-5-16(23)13-19(25)26/h8-11,16H,2-7,12-13H2,1H3,(H,25,26). The van der Waals surface area contributed by atoms with E-state index in [-0.39, 0.29) is 18.4 Å². The van der Waals surface area contributed by atoms with E-state index in [2.05, 4.69) is 31.2 Å². The topological polar surface area (TPSA) is 75.4 Å². The van der Waals surface area contributed by atoms with Gasteiger partial charge in [0.1, 0.15) is 0 Å². The van der Waals surface area contributed by atoms with E-state index in [4.69, 9.17) is 10.2 Å². The first-order valence-electron chi connectivity index (χ1n) is 9.81. The number of rotatable bonds is 5. The number of aryl methyl sites for hydroxylation is 1. The van der Waals surface area contributed by atoms with E-state index in [9.17, 15) is 9.59 Å². The molecule has 1 amide bonds. The summed E-state index contributed by atoms with van der Waals surface area (Å²) in [7, 11) is 0. The number of hydrogen-bond donors (Lipinski definition) is 1. The van der Waals surface area contributed by atoms with Crippen molar-refractivity contribution in [3.63, 3.8) is 0 Å². The average Bonchev–Trinajstić information content (AvgIpc) is 3.37. The van der Waals surface area contributed by atoms with Gasteiger partial charge < -0.3 is 10.0 Å². The number of fused-ring (bicyclic) bond motifs is 1. The Morgan fingerprint density at radius 3 is 2.67 bits per heavy atom. The van der Waals surface area contributed by atoms with Crippen LogP contribution in [0.5, 0.6) is 0 Å². The highest BCUT2D eigenvalue weighted by Crippen LogP contribution is 2.31. The molecule has 6 nitrogen and oxygen atoms in total. The van der Waals surface area contributed by atoms with Crippen LogP contribution in [-0.2, 0) is 24.1 Å². The third-order valence-corrected chi connectivity index (χ3v) is 5.77. The summed E-state index contributed by atoms with van der Waals surface area (Å²) < 4.78 is 1.91. The molecule has 0 radical (unpaired) electrons. The Bertz CT molecular complexity index is 870. The lowest BCUT2D eigenvalue weighted by Crippen LogP contribution is -2.37. The van der Waals surface area contributed by atoms with Crippen LogP contribution in [-0.4, -0.2) is 44.3 Å². The molecule has 0 saturated carbocycles. The Kier molecular flexibility index (Phi) is 4.72. The summed E-state index contributed by atoms with van der Waals surface area (Å²) >= 11 is 0. The molecule has 0 spiro atoms. The number of benzene rings is 1. The molecule has 4 rings (SSSR count). The van der Waals surface area contributed by atoms with Gasteiger partial charge in [-0.15, -0.1) is 0 Å². The molecular formula is C21H25N3O3. The molecule has 142 valence electrons. The zero-order valence-electron chi connectivity index (χ0n) is 15.6. The molecule has 1 aliphatic carbocycles. The maximum absolute atomic E-state index is 13.2. The van der Waals surface area contributed by atoms with Gasteiger partial charge >= 0.3 is 5.97 Å². The van der Waals surface area contributed by atoms with Crippen molar-refractivity contribution in [2.75, 3.05) is 6.54 Å². The van der Waals surface area contributed by atoms with Crippen molar-refractivity contribution in [1.29, 1.82) is 0 Å². The average molecular weight is 367 g/mol. The summed E-state index contributed by atoms with van der Waals surface area (Å²) in [5.74, 6) is -0.965. The largest absolute Gasteiger partial charge is 0.481 e.